The minimum absolute atomic E-state index is 0.106. The van der Waals surface area contributed by atoms with Crippen molar-refractivity contribution >= 4 is 12.1 Å². The predicted molar refractivity (Wildman–Crippen MR) is 186 cm³/mol. The molecule has 0 spiro atoms. The monoisotopic (exact) mass is 663 g/mol. The number of amides is 1. The molecule has 0 aromatic carbocycles. The number of aromatic nitrogens is 1. The van der Waals surface area contributed by atoms with Gasteiger partial charge in [-0.1, -0.05) is 69.9 Å². The summed E-state index contributed by atoms with van der Waals surface area (Å²) in [5, 5.41) is 22.3. The zero-order valence-corrected chi connectivity index (χ0v) is 29.4. The van der Waals surface area contributed by atoms with Crippen LogP contribution in [0.1, 0.15) is 110 Å². The molecule has 9 heteroatoms. The molecule has 2 N–H and O–H groups in total. The van der Waals surface area contributed by atoms with Crippen LogP contribution in [0.3, 0.4) is 0 Å². The van der Waals surface area contributed by atoms with Crippen LogP contribution in [0.15, 0.2) is 60.3 Å². The van der Waals surface area contributed by atoms with Gasteiger partial charge in [0.05, 0.1) is 12.5 Å². The predicted octanol–water partition coefficient (Wildman–Crippen LogP) is 6.46. The molecule has 1 aromatic heterocycles. The zero-order valence-electron chi connectivity index (χ0n) is 29.4. The number of piperazine rings is 1. The molecule has 4 aliphatic rings. The number of allylic oxidation sites excluding steroid dienone is 3. The van der Waals surface area contributed by atoms with Crippen LogP contribution in [0.2, 0.25) is 0 Å². The van der Waals surface area contributed by atoms with E-state index in [1.807, 2.05) is 61.3 Å². The van der Waals surface area contributed by atoms with E-state index in [1.54, 1.807) is 19.2 Å². The van der Waals surface area contributed by atoms with Gasteiger partial charge in [-0.15, -0.1) is 0 Å². The summed E-state index contributed by atoms with van der Waals surface area (Å²) in [6, 6.07) is 7.17. The lowest BCUT2D eigenvalue weighted by Gasteiger charge is -2.45. The fourth-order valence-electron chi connectivity index (χ4n) is 8.08. The topological polar surface area (TPSA) is 112 Å². The van der Waals surface area contributed by atoms with Crippen molar-refractivity contribution in [2.24, 2.45) is 5.92 Å². The quantitative estimate of drug-likeness (QED) is 0.154. The number of ether oxygens (including phenoxy) is 2. The molecule has 1 amide bonds. The highest BCUT2D eigenvalue weighted by atomic mass is 16.6. The van der Waals surface area contributed by atoms with Crippen molar-refractivity contribution in [2.75, 3.05) is 13.1 Å². The minimum Gasteiger partial charge on any atom is -0.457 e. The number of aliphatic hydroxyl groups excluding tert-OH is 1. The first-order chi connectivity index (χ1) is 23.0. The lowest BCUT2D eigenvalue weighted by molar-refractivity contribution is -0.151. The Balaban J connectivity index is 1.29. The number of hydrogen-bond acceptors (Lipinski definition) is 8. The standard InChI is InChI=1S/C39H57N3O6/c1-27(34-16-9-10-23-40-34)12-11-13-28(2)37-29(3)17-20-35(39(4,46)22-21-33(43)24-36(44)48-37)47-38(45)41-25-31-18-19-32(26-41)42(31)30-14-7-5-6-8-15-30/h9-13,16-17,20,23,27,29-33,35,37,43,46H,5-8,14-15,18-19,21-22,24-26H2,1-4H3/b12-11+,20-17+,28-13+/t27-,29-,31?,32?,33-,35+,37+,39-/m0/s1. The SMILES string of the molecule is C/C(=C\C=C\[C@H](C)c1ccccn1)[C@H]1OC(=O)C[C@@H](O)CC[C@](C)(O)[C@H](OC(=O)N2CC3CCC(C2)N3C2CCCCCC2)/C=C/[C@@H]1C. The molecule has 48 heavy (non-hydrogen) atoms. The molecule has 264 valence electrons. The van der Waals surface area contributed by atoms with Crippen LogP contribution in [0.5, 0.6) is 0 Å². The first kappa shape index (κ1) is 36.3. The third kappa shape index (κ3) is 9.36. The highest BCUT2D eigenvalue weighted by Gasteiger charge is 2.45. The van der Waals surface area contributed by atoms with Crippen molar-refractivity contribution in [2.45, 2.75) is 146 Å². The first-order valence-electron chi connectivity index (χ1n) is 18.3. The Morgan fingerprint density at radius 3 is 2.44 bits per heavy atom. The van der Waals surface area contributed by atoms with E-state index in [1.165, 1.54) is 38.5 Å². The van der Waals surface area contributed by atoms with Crippen LogP contribution in [-0.2, 0) is 14.3 Å². The van der Waals surface area contributed by atoms with Gasteiger partial charge >= 0.3 is 12.1 Å². The maximum absolute atomic E-state index is 13.7. The van der Waals surface area contributed by atoms with Gasteiger partial charge in [-0.25, -0.2) is 4.79 Å². The summed E-state index contributed by atoms with van der Waals surface area (Å²) in [6.45, 7) is 8.85. The zero-order chi connectivity index (χ0) is 34.3. The number of cyclic esters (lactones) is 1. The van der Waals surface area contributed by atoms with E-state index in [-0.39, 0.29) is 31.1 Å². The number of esters is 1. The molecule has 0 radical (unpaired) electrons. The molecule has 1 aliphatic carbocycles. The molecule has 5 rings (SSSR count). The third-order valence-electron chi connectivity index (χ3n) is 11.0. The number of carbonyl (C=O) groups excluding carboxylic acids is 2. The lowest BCUT2D eigenvalue weighted by Crippen LogP contribution is -2.59. The van der Waals surface area contributed by atoms with E-state index in [9.17, 15) is 19.8 Å². The Labute approximate surface area is 287 Å². The van der Waals surface area contributed by atoms with E-state index in [4.69, 9.17) is 9.47 Å². The average molecular weight is 664 g/mol. The van der Waals surface area contributed by atoms with Gasteiger partial charge in [0.15, 0.2) is 6.10 Å². The minimum atomic E-state index is -1.44. The van der Waals surface area contributed by atoms with Crippen molar-refractivity contribution in [3.8, 4) is 0 Å². The van der Waals surface area contributed by atoms with Crippen molar-refractivity contribution in [1.82, 2.24) is 14.8 Å². The summed E-state index contributed by atoms with van der Waals surface area (Å²) in [6.07, 6.45) is 18.4. The maximum atomic E-state index is 13.7. The fraction of sp³-hybridized carbons (Fsp3) is 0.667. The second-order valence-electron chi connectivity index (χ2n) is 14.9. The maximum Gasteiger partial charge on any atom is 0.410 e. The van der Waals surface area contributed by atoms with E-state index >= 15 is 0 Å². The highest BCUT2D eigenvalue weighted by Crippen LogP contribution is 2.37. The Hall–Kier alpha value is -3.01. The average Bonchev–Trinajstić information content (AvgIpc) is 3.23. The number of carbonyl (C=O) groups is 2. The van der Waals surface area contributed by atoms with E-state index in [0.29, 0.717) is 31.2 Å². The molecule has 3 aliphatic heterocycles. The highest BCUT2D eigenvalue weighted by molar-refractivity contribution is 5.70. The second kappa shape index (κ2) is 16.6. The number of fused-ring (bicyclic) bond motifs is 2. The number of likely N-dealkylation sites (tertiary alicyclic amines) is 1. The molecular weight excluding hydrogens is 606 g/mol. The molecule has 9 nitrogen and oxygen atoms in total. The Morgan fingerprint density at radius 2 is 1.77 bits per heavy atom. The van der Waals surface area contributed by atoms with Gasteiger partial charge in [-0.05, 0) is 76.2 Å². The first-order valence-corrected chi connectivity index (χ1v) is 18.3. The van der Waals surface area contributed by atoms with Gasteiger partial charge in [0.2, 0.25) is 0 Å². The van der Waals surface area contributed by atoms with Crippen LogP contribution in [-0.4, -0.2) is 92.2 Å². The Morgan fingerprint density at radius 1 is 1.06 bits per heavy atom. The lowest BCUT2D eigenvalue weighted by atomic mass is 9.88. The van der Waals surface area contributed by atoms with Crippen LogP contribution >= 0.6 is 0 Å². The summed E-state index contributed by atoms with van der Waals surface area (Å²) in [5.41, 5.74) is 0.352. The van der Waals surface area contributed by atoms with E-state index < -0.39 is 36.0 Å². The van der Waals surface area contributed by atoms with Crippen LogP contribution in [0, 0.1) is 5.92 Å². The smallest absolute Gasteiger partial charge is 0.410 e. The van der Waals surface area contributed by atoms with Gasteiger partial charge in [-0.2, -0.15) is 0 Å². The number of aliphatic hydroxyl groups is 2. The Kier molecular flexibility index (Phi) is 12.5. The molecule has 1 aromatic rings. The van der Waals surface area contributed by atoms with Gasteiger partial charge in [0.1, 0.15) is 11.7 Å². The van der Waals surface area contributed by atoms with Gasteiger partial charge in [0, 0.05) is 54.9 Å². The second-order valence-corrected chi connectivity index (χ2v) is 14.9. The van der Waals surface area contributed by atoms with E-state index in [2.05, 4.69) is 16.8 Å². The Bertz CT molecular complexity index is 1290. The van der Waals surface area contributed by atoms with Crippen molar-refractivity contribution in [1.29, 1.82) is 0 Å². The summed E-state index contributed by atoms with van der Waals surface area (Å²) < 4.78 is 12.0. The molecule has 4 heterocycles. The molecule has 1 saturated carbocycles. The largest absolute Gasteiger partial charge is 0.457 e. The van der Waals surface area contributed by atoms with Crippen molar-refractivity contribution < 1.29 is 29.3 Å². The van der Waals surface area contributed by atoms with Crippen LogP contribution in [0.25, 0.3) is 0 Å². The normalized spacial score (nSPS) is 34.5. The summed E-state index contributed by atoms with van der Waals surface area (Å²) in [5.74, 6) is -0.680. The number of rotatable bonds is 6. The molecule has 3 fully saturated rings. The van der Waals surface area contributed by atoms with Gasteiger partial charge in [0.25, 0.3) is 0 Å². The molecule has 8 atom stereocenters. The van der Waals surface area contributed by atoms with Crippen LogP contribution < -0.4 is 0 Å². The number of pyridine rings is 1. The summed E-state index contributed by atoms with van der Waals surface area (Å²) in [7, 11) is 0. The fourth-order valence-corrected chi connectivity index (χ4v) is 8.08. The summed E-state index contributed by atoms with van der Waals surface area (Å²) in [4.78, 5) is 35.6. The van der Waals surface area contributed by atoms with Crippen molar-refractivity contribution in [3.63, 3.8) is 0 Å². The van der Waals surface area contributed by atoms with Crippen LogP contribution in [0.4, 0.5) is 4.79 Å². The number of nitrogens with zero attached hydrogens (tertiary/aromatic N) is 3. The molecule has 2 unspecified atom stereocenters. The molecule has 2 bridgehead atoms. The number of hydrogen-bond donors (Lipinski definition) is 2. The van der Waals surface area contributed by atoms with Gasteiger partial charge < -0.3 is 24.6 Å². The third-order valence-corrected chi connectivity index (χ3v) is 11.0. The molecule has 2 saturated heterocycles. The van der Waals surface area contributed by atoms with Gasteiger partial charge in [-0.3, -0.25) is 14.7 Å². The van der Waals surface area contributed by atoms with E-state index in [0.717, 1.165) is 24.1 Å². The summed E-state index contributed by atoms with van der Waals surface area (Å²) >= 11 is 0. The van der Waals surface area contributed by atoms with Crippen molar-refractivity contribution in [3.05, 3.63) is 66.0 Å². The molecular formula is C39H57N3O6.